The summed E-state index contributed by atoms with van der Waals surface area (Å²) in [7, 11) is 0. The topological polar surface area (TPSA) is 51.8 Å². The molecular weight excluding hydrogens is 182 g/mol. The molecule has 0 saturated carbocycles. The molecule has 0 aliphatic heterocycles. The van der Waals surface area contributed by atoms with Gasteiger partial charge in [0.2, 0.25) is 0 Å². The first-order chi connectivity index (χ1) is 6.17. The minimum atomic E-state index is 0.359. The van der Waals surface area contributed by atoms with Crippen LogP contribution in [0.5, 0.6) is 0 Å². The lowest BCUT2D eigenvalue weighted by Crippen LogP contribution is -2.06. The van der Waals surface area contributed by atoms with Crippen LogP contribution in [0, 0.1) is 0 Å². The van der Waals surface area contributed by atoms with E-state index in [1.54, 1.807) is 11.8 Å². The van der Waals surface area contributed by atoms with Crippen molar-refractivity contribution in [3.63, 3.8) is 0 Å². The van der Waals surface area contributed by atoms with Gasteiger partial charge in [-0.2, -0.15) is 0 Å². The summed E-state index contributed by atoms with van der Waals surface area (Å²) in [6.45, 7) is 4.65. The summed E-state index contributed by atoms with van der Waals surface area (Å²) in [6.07, 6.45) is 2.01. The van der Waals surface area contributed by atoms with E-state index in [1.807, 2.05) is 12.3 Å². The smallest absolute Gasteiger partial charge is 0.132 e. The zero-order chi connectivity index (χ0) is 9.84. The quantitative estimate of drug-likeness (QED) is 0.593. The highest BCUT2D eigenvalue weighted by Crippen LogP contribution is 2.16. The zero-order valence-corrected chi connectivity index (χ0v) is 9.06. The highest BCUT2D eigenvalue weighted by Gasteiger charge is 2.06. The van der Waals surface area contributed by atoms with Crippen LogP contribution < -0.4 is 5.73 Å². The maximum Gasteiger partial charge on any atom is 0.132 e. The van der Waals surface area contributed by atoms with E-state index in [9.17, 15) is 0 Å². The van der Waals surface area contributed by atoms with Gasteiger partial charge in [-0.05, 0) is 12.3 Å². The predicted octanol–water partition coefficient (Wildman–Crippen LogP) is 1.78. The normalized spacial score (nSPS) is 10.8. The Labute approximate surface area is 83.2 Å². The first kappa shape index (κ1) is 10.5. The lowest BCUT2D eigenvalue weighted by atomic mass is 10.2. The van der Waals surface area contributed by atoms with E-state index in [0.29, 0.717) is 12.5 Å². The molecule has 0 aromatic carbocycles. The van der Waals surface area contributed by atoms with Crippen molar-refractivity contribution in [3.05, 3.63) is 17.6 Å². The van der Waals surface area contributed by atoms with Crippen LogP contribution in [-0.4, -0.2) is 16.2 Å². The van der Waals surface area contributed by atoms with Gasteiger partial charge in [0.15, 0.2) is 0 Å². The van der Waals surface area contributed by atoms with Crippen molar-refractivity contribution in [2.45, 2.75) is 31.3 Å². The number of thioether (sulfide) groups is 1. The summed E-state index contributed by atoms with van der Waals surface area (Å²) in [5, 5.41) is 0.999. The van der Waals surface area contributed by atoms with Gasteiger partial charge >= 0.3 is 0 Å². The summed E-state index contributed by atoms with van der Waals surface area (Å²) >= 11 is 1.62. The van der Waals surface area contributed by atoms with Crippen LogP contribution in [0.4, 0.5) is 0 Å². The van der Waals surface area contributed by atoms with Crippen LogP contribution in [0.3, 0.4) is 0 Å². The fraction of sp³-hybridized carbons (Fsp3) is 0.556. The maximum atomic E-state index is 5.54. The minimum Gasteiger partial charge on any atom is -0.325 e. The molecule has 0 fully saturated rings. The molecule has 1 rings (SSSR count). The Morgan fingerprint density at radius 2 is 2.15 bits per heavy atom. The van der Waals surface area contributed by atoms with Crippen LogP contribution in [-0.2, 0) is 6.54 Å². The molecule has 4 heteroatoms. The largest absolute Gasteiger partial charge is 0.325 e. The van der Waals surface area contributed by atoms with Crippen molar-refractivity contribution in [1.82, 2.24) is 9.97 Å². The molecule has 0 aliphatic rings. The molecule has 0 saturated heterocycles. The third-order valence-corrected chi connectivity index (χ3v) is 2.34. The van der Waals surface area contributed by atoms with Crippen LogP contribution in [0.15, 0.2) is 11.1 Å². The van der Waals surface area contributed by atoms with E-state index >= 15 is 0 Å². The van der Waals surface area contributed by atoms with Gasteiger partial charge in [-0.15, -0.1) is 11.8 Å². The zero-order valence-electron chi connectivity index (χ0n) is 8.24. The van der Waals surface area contributed by atoms with E-state index in [4.69, 9.17) is 5.73 Å². The molecule has 0 spiro atoms. The van der Waals surface area contributed by atoms with Crippen molar-refractivity contribution in [2.75, 3.05) is 6.26 Å². The van der Waals surface area contributed by atoms with E-state index in [1.165, 1.54) is 0 Å². The average molecular weight is 197 g/mol. The van der Waals surface area contributed by atoms with Crippen molar-refractivity contribution >= 4 is 11.8 Å². The molecular formula is C9H15N3S. The molecule has 0 amide bonds. The molecule has 72 valence electrons. The van der Waals surface area contributed by atoms with Gasteiger partial charge in [0.05, 0.1) is 10.7 Å². The molecule has 0 atom stereocenters. The summed E-state index contributed by atoms with van der Waals surface area (Å²) in [5.74, 6) is 1.24. The third kappa shape index (κ3) is 2.67. The predicted molar refractivity (Wildman–Crippen MR) is 55.8 cm³/mol. The Kier molecular flexibility index (Phi) is 3.69. The molecule has 0 radical (unpaired) electrons. The number of nitrogens with zero attached hydrogens (tertiary/aromatic N) is 2. The second-order valence-electron chi connectivity index (χ2n) is 3.12. The lowest BCUT2D eigenvalue weighted by molar-refractivity contribution is 0.734. The lowest BCUT2D eigenvalue weighted by Gasteiger charge is -2.07. The van der Waals surface area contributed by atoms with Crippen LogP contribution >= 0.6 is 11.8 Å². The molecule has 2 N–H and O–H groups in total. The molecule has 3 nitrogen and oxygen atoms in total. The molecule has 1 heterocycles. The Hall–Kier alpha value is -0.610. The summed E-state index contributed by atoms with van der Waals surface area (Å²) in [6, 6.07) is 1.94. The van der Waals surface area contributed by atoms with Crippen molar-refractivity contribution < 1.29 is 0 Å². The summed E-state index contributed by atoms with van der Waals surface area (Å²) < 4.78 is 0. The Balaban J connectivity index is 3.07. The molecule has 0 bridgehead atoms. The summed E-state index contributed by atoms with van der Waals surface area (Å²) in [4.78, 5) is 8.75. The Morgan fingerprint density at radius 3 is 2.62 bits per heavy atom. The van der Waals surface area contributed by atoms with Crippen LogP contribution in [0.1, 0.15) is 31.3 Å². The number of nitrogens with two attached hydrogens (primary N) is 1. The van der Waals surface area contributed by atoms with Crippen molar-refractivity contribution in [3.8, 4) is 0 Å². The molecule has 13 heavy (non-hydrogen) atoms. The average Bonchev–Trinajstić information content (AvgIpc) is 2.16. The van der Waals surface area contributed by atoms with E-state index in [2.05, 4.69) is 23.8 Å². The van der Waals surface area contributed by atoms with E-state index in [-0.39, 0.29) is 0 Å². The Bertz CT molecular complexity index is 264. The number of rotatable bonds is 3. The number of aromatic nitrogens is 2. The van der Waals surface area contributed by atoms with Gasteiger partial charge < -0.3 is 5.73 Å². The summed E-state index contributed by atoms with van der Waals surface area (Å²) in [5.41, 5.74) is 6.46. The first-order valence-electron chi connectivity index (χ1n) is 4.29. The van der Waals surface area contributed by atoms with E-state index < -0.39 is 0 Å². The molecule has 1 aromatic heterocycles. The molecule has 1 aromatic rings. The van der Waals surface area contributed by atoms with Crippen molar-refractivity contribution in [1.29, 1.82) is 0 Å². The van der Waals surface area contributed by atoms with Gasteiger partial charge in [-0.25, -0.2) is 9.97 Å². The van der Waals surface area contributed by atoms with Gasteiger partial charge in [0.1, 0.15) is 5.82 Å². The van der Waals surface area contributed by atoms with Crippen LogP contribution in [0.25, 0.3) is 0 Å². The molecule has 0 aliphatic carbocycles. The monoisotopic (exact) mass is 197 g/mol. The van der Waals surface area contributed by atoms with Crippen LogP contribution in [0.2, 0.25) is 0 Å². The van der Waals surface area contributed by atoms with Gasteiger partial charge in [-0.3, -0.25) is 0 Å². The first-order valence-corrected chi connectivity index (χ1v) is 5.51. The second kappa shape index (κ2) is 4.58. The third-order valence-electron chi connectivity index (χ3n) is 1.71. The van der Waals surface area contributed by atoms with Gasteiger partial charge in [0, 0.05) is 12.5 Å². The SMILES string of the molecule is CSc1cc(CN)nc(C(C)C)n1. The maximum absolute atomic E-state index is 5.54. The van der Waals surface area contributed by atoms with E-state index in [0.717, 1.165) is 16.5 Å². The van der Waals surface area contributed by atoms with Gasteiger partial charge in [0.25, 0.3) is 0 Å². The number of hydrogen-bond donors (Lipinski definition) is 1. The number of hydrogen-bond acceptors (Lipinski definition) is 4. The minimum absolute atomic E-state index is 0.359. The highest BCUT2D eigenvalue weighted by atomic mass is 32.2. The Morgan fingerprint density at radius 1 is 1.46 bits per heavy atom. The second-order valence-corrected chi connectivity index (χ2v) is 3.95. The van der Waals surface area contributed by atoms with Crippen molar-refractivity contribution in [2.24, 2.45) is 5.73 Å². The fourth-order valence-corrected chi connectivity index (χ4v) is 1.40. The van der Waals surface area contributed by atoms with Gasteiger partial charge in [-0.1, -0.05) is 13.8 Å². The fourth-order valence-electron chi connectivity index (χ4n) is 0.959. The molecule has 0 unspecified atom stereocenters. The highest BCUT2D eigenvalue weighted by molar-refractivity contribution is 7.98. The standard InChI is InChI=1S/C9H15N3S/c1-6(2)9-11-7(5-10)4-8(12-9)13-3/h4,6H,5,10H2,1-3H3.